The summed E-state index contributed by atoms with van der Waals surface area (Å²) in [5.74, 6) is -0.615. The van der Waals surface area contributed by atoms with Gasteiger partial charge < -0.3 is 11.5 Å². The molecule has 2 rings (SSSR count). The number of hydrogen-bond donors (Lipinski definition) is 2. The van der Waals surface area contributed by atoms with Crippen LogP contribution in [0, 0.1) is 0 Å². The number of primary amides is 1. The molecule has 0 aliphatic heterocycles. The molecule has 0 aliphatic carbocycles. The van der Waals surface area contributed by atoms with Crippen molar-refractivity contribution in [1.29, 1.82) is 0 Å². The Bertz CT molecular complexity index is 634. The highest BCUT2D eigenvalue weighted by Gasteiger charge is 2.31. The van der Waals surface area contributed by atoms with Crippen LogP contribution in [0.15, 0.2) is 30.3 Å². The van der Waals surface area contributed by atoms with Crippen molar-refractivity contribution in [2.45, 2.75) is 6.18 Å². The maximum atomic E-state index is 12.7. The number of thiophene rings is 1. The molecule has 1 amide bonds. The Kier molecular flexibility index (Phi) is 3.23. The summed E-state index contributed by atoms with van der Waals surface area (Å²) in [7, 11) is 0. The Hall–Kier alpha value is -2.02. The van der Waals surface area contributed by atoms with Gasteiger partial charge in [-0.2, -0.15) is 13.2 Å². The van der Waals surface area contributed by atoms with E-state index in [2.05, 4.69) is 0 Å². The molecule has 3 nitrogen and oxygen atoms in total. The molecule has 0 spiro atoms. The Morgan fingerprint density at radius 3 is 2.37 bits per heavy atom. The number of nitrogen functional groups attached to an aromatic ring is 1. The molecule has 0 atom stereocenters. The first-order valence-corrected chi connectivity index (χ1v) is 5.97. The van der Waals surface area contributed by atoms with Crippen LogP contribution in [0.3, 0.4) is 0 Å². The Morgan fingerprint density at radius 2 is 1.84 bits per heavy atom. The monoisotopic (exact) mass is 286 g/mol. The zero-order valence-electron chi connectivity index (χ0n) is 9.49. The predicted octanol–water partition coefficient (Wildman–Crippen LogP) is 3.12. The molecule has 0 saturated heterocycles. The molecule has 0 unspecified atom stereocenters. The number of amides is 1. The Morgan fingerprint density at radius 1 is 1.16 bits per heavy atom. The SMILES string of the molecule is NC(=O)c1ccc(-c2cc(N)cc(C(F)(F)F)c2)s1. The minimum Gasteiger partial charge on any atom is -0.399 e. The lowest BCUT2D eigenvalue weighted by molar-refractivity contribution is -0.137. The van der Waals surface area contributed by atoms with E-state index >= 15 is 0 Å². The fraction of sp³-hybridized carbons (Fsp3) is 0.0833. The average Bonchev–Trinajstić information content (AvgIpc) is 2.76. The molecule has 0 saturated carbocycles. The Labute approximate surface area is 110 Å². The molecular weight excluding hydrogens is 277 g/mol. The van der Waals surface area contributed by atoms with E-state index in [1.165, 1.54) is 12.1 Å². The molecular formula is C12H9F3N2OS. The van der Waals surface area contributed by atoms with Crippen molar-refractivity contribution in [3.05, 3.63) is 40.8 Å². The zero-order chi connectivity index (χ0) is 14.2. The van der Waals surface area contributed by atoms with Crippen molar-refractivity contribution in [2.75, 3.05) is 5.73 Å². The second-order valence-corrected chi connectivity index (χ2v) is 4.95. The summed E-state index contributed by atoms with van der Waals surface area (Å²) in [6, 6.07) is 6.30. The van der Waals surface area contributed by atoms with Gasteiger partial charge in [0, 0.05) is 10.6 Å². The van der Waals surface area contributed by atoms with Crippen molar-refractivity contribution in [2.24, 2.45) is 5.73 Å². The molecule has 1 aromatic carbocycles. The lowest BCUT2D eigenvalue weighted by Gasteiger charge is -2.09. The third-order valence-corrected chi connectivity index (χ3v) is 3.56. The van der Waals surface area contributed by atoms with Gasteiger partial charge in [-0.05, 0) is 35.9 Å². The number of nitrogens with two attached hydrogens (primary N) is 2. The van der Waals surface area contributed by atoms with Crippen molar-refractivity contribution < 1.29 is 18.0 Å². The quantitative estimate of drug-likeness (QED) is 0.833. The Balaban J connectivity index is 2.50. The van der Waals surface area contributed by atoms with E-state index in [-0.39, 0.29) is 10.6 Å². The zero-order valence-corrected chi connectivity index (χ0v) is 10.3. The molecule has 0 radical (unpaired) electrons. The molecule has 0 fully saturated rings. The van der Waals surface area contributed by atoms with Crippen LogP contribution < -0.4 is 11.5 Å². The first-order chi connectivity index (χ1) is 8.77. The fourth-order valence-electron chi connectivity index (χ4n) is 1.58. The van der Waals surface area contributed by atoms with Gasteiger partial charge in [0.15, 0.2) is 0 Å². The number of anilines is 1. The normalized spacial score (nSPS) is 11.5. The number of carbonyl (C=O) groups is 1. The molecule has 7 heteroatoms. The lowest BCUT2D eigenvalue weighted by atomic mass is 10.1. The molecule has 1 aromatic heterocycles. The van der Waals surface area contributed by atoms with Crippen LogP contribution in [0.2, 0.25) is 0 Å². The maximum Gasteiger partial charge on any atom is 0.416 e. The predicted molar refractivity (Wildman–Crippen MR) is 67.7 cm³/mol. The number of rotatable bonds is 2. The van der Waals surface area contributed by atoms with Crippen LogP contribution in [0.1, 0.15) is 15.2 Å². The molecule has 0 bridgehead atoms. The van der Waals surface area contributed by atoms with Gasteiger partial charge in [-0.25, -0.2) is 0 Å². The van der Waals surface area contributed by atoms with Gasteiger partial charge in [0.1, 0.15) is 0 Å². The van der Waals surface area contributed by atoms with Gasteiger partial charge in [-0.15, -0.1) is 11.3 Å². The minimum atomic E-state index is -4.46. The number of hydrogen-bond acceptors (Lipinski definition) is 3. The summed E-state index contributed by atoms with van der Waals surface area (Å²) in [6.45, 7) is 0. The van der Waals surface area contributed by atoms with E-state index < -0.39 is 17.6 Å². The molecule has 19 heavy (non-hydrogen) atoms. The van der Waals surface area contributed by atoms with Crippen molar-refractivity contribution in [3.63, 3.8) is 0 Å². The number of benzene rings is 1. The summed E-state index contributed by atoms with van der Waals surface area (Å²) in [6.07, 6.45) is -4.46. The topological polar surface area (TPSA) is 69.1 Å². The van der Waals surface area contributed by atoms with Crippen LogP contribution in [0.25, 0.3) is 10.4 Å². The van der Waals surface area contributed by atoms with E-state index in [1.807, 2.05) is 0 Å². The van der Waals surface area contributed by atoms with E-state index in [4.69, 9.17) is 11.5 Å². The van der Waals surface area contributed by atoms with Crippen LogP contribution in [0.5, 0.6) is 0 Å². The van der Waals surface area contributed by atoms with Crippen LogP contribution in [0.4, 0.5) is 18.9 Å². The largest absolute Gasteiger partial charge is 0.416 e. The smallest absolute Gasteiger partial charge is 0.399 e. The first-order valence-electron chi connectivity index (χ1n) is 5.15. The highest BCUT2D eigenvalue weighted by Crippen LogP contribution is 2.36. The summed E-state index contributed by atoms with van der Waals surface area (Å²) < 4.78 is 38.0. The number of alkyl halides is 3. The van der Waals surface area contributed by atoms with E-state index in [0.29, 0.717) is 10.4 Å². The van der Waals surface area contributed by atoms with E-state index in [9.17, 15) is 18.0 Å². The van der Waals surface area contributed by atoms with Gasteiger partial charge in [0.25, 0.3) is 5.91 Å². The molecule has 0 aliphatic rings. The highest BCUT2D eigenvalue weighted by molar-refractivity contribution is 7.17. The highest BCUT2D eigenvalue weighted by atomic mass is 32.1. The summed E-state index contributed by atoms with van der Waals surface area (Å²) in [5.41, 5.74) is 10.1. The van der Waals surface area contributed by atoms with Gasteiger partial charge in [-0.3, -0.25) is 4.79 Å². The summed E-state index contributed by atoms with van der Waals surface area (Å²) >= 11 is 1.02. The first kappa shape index (κ1) is 13.4. The molecule has 100 valence electrons. The van der Waals surface area contributed by atoms with E-state index in [0.717, 1.165) is 23.5 Å². The number of halogens is 3. The van der Waals surface area contributed by atoms with Crippen LogP contribution in [-0.2, 0) is 6.18 Å². The number of carbonyl (C=O) groups excluding carboxylic acids is 1. The summed E-state index contributed by atoms with van der Waals surface area (Å²) in [5, 5.41) is 0. The molecule has 4 N–H and O–H groups in total. The molecule has 1 heterocycles. The maximum absolute atomic E-state index is 12.7. The average molecular weight is 286 g/mol. The van der Waals surface area contributed by atoms with Crippen molar-refractivity contribution in [1.82, 2.24) is 0 Å². The van der Waals surface area contributed by atoms with Crippen LogP contribution in [-0.4, -0.2) is 5.91 Å². The van der Waals surface area contributed by atoms with Gasteiger partial charge in [0.2, 0.25) is 0 Å². The fourth-order valence-corrected chi connectivity index (χ4v) is 2.43. The standard InChI is InChI=1S/C12H9F3N2OS/c13-12(14,15)7-3-6(4-8(16)5-7)9-1-2-10(19-9)11(17)18/h1-5H,16H2,(H2,17,18). The van der Waals surface area contributed by atoms with Crippen molar-refractivity contribution in [3.8, 4) is 10.4 Å². The van der Waals surface area contributed by atoms with E-state index in [1.54, 1.807) is 6.07 Å². The summed E-state index contributed by atoms with van der Waals surface area (Å²) in [4.78, 5) is 11.8. The van der Waals surface area contributed by atoms with Gasteiger partial charge in [0.05, 0.1) is 10.4 Å². The van der Waals surface area contributed by atoms with Crippen LogP contribution >= 0.6 is 11.3 Å². The third-order valence-electron chi connectivity index (χ3n) is 2.42. The second-order valence-electron chi connectivity index (χ2n) is 3.87. The molecule has 2 aromatic rings. The minimum absolute atomic E-state index is 0.0128. The van der Waals surface area contributed by atoms with Gasteiger partial charge >= 0.3 is 6.18 Å². The van der Waals surface area contributed by atoms with Crippen molar-refractivity contribution >= 4 is 22.9 Å². The lowest BCUT2D eigenvalue weighted by Crippen LogP contribution is -2.08. The van der Waals surface area contributed by atoms with Gasteiger partial charge in [-0.1, -0.05) is 0 Å². The second kappa shape index (κ2) is 4.58. The third kappa shape index (κ3) is 2.87.